The normalized spacial score (nSPS) is 10.8. The molecule has 118 valence electrons. The number of hydrogen-bond donors (Lipinski definition) is 2. The third-order valence-electron chi connectivity index (χ3n) is 3.78. The van der Waals surface area contributed by atoms with Crippen molar-refractivity contribution in [1.82, 2.24) is 4.57 Å². The zero-order chi connectivity index (χ0) is 16.4. The molecule has 5 heteroatoms. The standard InChI is InChI=1S/C18H17NO4/c1-2-19-10-13(11-23-15-6-4-14(20)5-7-15)16-8-3-12(18(21)22)9-17(16)19/h3-10,20H,2,11H2,1H3,(H,21,22). The number of aryl methyl sites for hydroxylation is 1. The molecule has 0 unspecified atom stereocenters. The van der Waals surface area contributed by atoms with Gasteiger partial charge in [-0.3, -0.25) is 0 Å². The quantitative estimate of drug-likeness (QED) is 0.754. The Morgan fingerprint density at radius 1 is 1.17 bits per heavy atom. The Kier molecular flexibility index (Phi) is 3.93. The van der Waals surface area contributed by atoms with Crippen molar-refractivity contribution in [1.29, 1.82) is 0 Å². The van der Waals surface area contributed by atoms with Gasteiger partial charge in [-0.25, -0.2) is 4.79 Å². The molecule has 0 aliphatic rings. The van der Waals surface area contributed by atoms with Crippen LogP contribution >= 0.6 is 0 Å². The molecule has 0 bridgehead atoms. The molecule has 0 saturated carbocycles. The zero-order valence-corrected chi connectivity index (χ0v) is 12.7. The monoisotopic (exact) mass is 311 g/mol. The maximum Gasteiger partial charge on any atom is 0.335 e. The predicted molar refractivity (Wildman–Crippen MR) is 87.0 cm³/mol. The van der Waals surface area contributed by atoms with Crippen LogP contribution in [-0.4, -0.2) is 20.7 Å². The first-order valence-corrected chi connectivity index (χ1v) is 7.35. The number of carbonyl (C=O) groups is 1. The Bertz CT molecular complexity index is 849. The summed E-state index contributed by atoms with van der Waals surface area (Å²) in [5, 5.41) is 19.4. The maximum atomic E-state index is 11.1. The van der Waals surface area contributed by atoms with E-state index in [4.69, 9.17) is 9.84 Å². The average Bonchev–Trinajstić information content (AvgIpc) is 2.91. The van der Waals surface area contributed by atoms with Gasteiger partial charge in [-0.1, -0.05) is 6.07 Å². The molecule has 1 heterocycles. The van der Waals surface area contributed by atoms with Gasteiger partial charge in [0.2, 0.25) is 0 Å². The van der Waals surface area contributed by atoms with Gasteiger partial charge < -0.3 is 19.5 Å². The van der Waals surface area contributed by atoms with Crippen LogP contribution in [-0.2, 0) is 13.2 Å². The van der Waals surface area contributed by atoms with E-state index in [-0.39, 0.29) is 11.3 Å². The summed E-state index contributed by atoms with van der Waals surface area (Å²) >= 11 is 0. The van der Waals surface area contributed by atoms with Gasteiger partial charge >= 0.3 is 5.97 Å². The minimum atomic E-state index is -0.933. The van der Waals surface area contributed by atoms with E-state index in [1.165, 1.54) is 0 Å². The number of aromatic hydroxyl groups is 1. The molecule has 2 aromatic carbocycles. The fraction of sp³-hybridized carbons (Fsp3) is 0.167. The molecule has 1 aromatic heterocycles. The highest BCUT2D eigenvalue weighted by molar-refractivity contribution is 5.94. The molecule has 0 spiro atoms. The van der Waals surface area contributed by atoms with Crippen molar-refractivity contribution in [3.8, 4) is 11.5 Å². The number of carboxylic acid groups (broad SMARTS) is 1. The number of aromatic nitrogens is 1. The van der Waals surface area contributed by atoms with Gasteiger partial charge in [0.1, 0.15) is 18.1 Å². The summed E-state index contributed by atoms with van der Waals surface area (Å²) in [7, 11) is 0. The van der Waals surface area contributed by atoms with E-state index in [9.17, 15) is 9.90 Å². The number of aromatic carboxylic acids is 1. The van der Waals surface area contributed by atoms with Crippen LogP contribution in [0.25, 0.3) is 10.9 Å². The number of carboxylic acids is 1. The molecule has 3 rings (SSSR count). The van der Waals surface area contributed by atoms with Gasteiger partial charge in [0.25, 0.3) is 0 Å². The molecule has 0 atom stereocenters. The first kappa shape index (κ1) is 15.0. The van der Waals surface area contributed by atoms with E-state index in [1.807, 2.05) is 23.8 Å². The molecule has 0 radical (unpaired) electrons. The van der Waals surface area contributed by atoms with Crippen molar-refractivity contribution < 1.29 is 19.7 Å². The van der Waals surface area contributed by atoms with Crippen LogP contribution in [0.4, 0.5) is 0 Å². The third kappa shape index (κ3) is 2.99. The van der Waals surface area contributed by atoms with E-state index >= 15 is 0 Å². The second-order valence-corrected chi connectivity index (χ2v) is 5.26. The van der Waals surface area contributed by atoms with Crippen LogP contribution in [0.1, 0.15) is 22.8 Å². The number of phenolic OH excluding ortho intramolecular Hbond substituents is 1. The second kappa shape index (κ2) is 6.04. The number of hydrogen-bond acceptors (Lipinski definition) is 3. The molecule has 2 N–H and O–H groups in total. The first-order valence-electron chi connectivity index (χ1n) is 7.35. The van der Waals surface area contributed by atoms with Crippen molar-refractivity contribution in [3.63, 3.8) is 0 Å². The minimum absolute atomic E-state index is 0.195. The topological polar surface area (TPSA) is 71.7 Å². The van der Waals surface area contributed by atoms with Gasteiger partial charge in [-0.05, 0) is 43.3 Å². The number of benzene rings is 2. The second-order valence-electron chi connectivity index (χ2n) is 5.26. The average molecular weight is 311 g/mol. The van der Waals surface area contributed by atoms with Crippen molar-refractivity contribution >= 4 is 16.9 Å². The highest BCUT2D eigenvalue weighted by atomic mass is 16.5. The number of phenols is 1. The van der Waals surface area contributed by atoms with Gasteiger partial charge in [0.15, 0.2) is 0 Å². The minimum Gasteiger partial charge on any atom is -0.508 e. The van der Waals surface area contributed by atoms with Crippen molar-refractivity contribution in [2.75, 3.05) is 0 Å². The summed E-state index contributed by atoms with van der Waals surface area (Å²) < 4.78 is 7.76. The zero-order valence-electron chi connectivity index (χ0n) is 12.7. The van der Waals surface area contributed by atoms with E-state index in [0.29, 0.717) is 12.4 Å². The molecule has 5 nitrogen and oxygen atoms in total. The number of rotatable bonds is 5. The van der Waals surface area contributed by atoms with Gasteiger partial charge in [-0.2, -0.15) is 0 Å². The first-order chi connectivity index (χ1) is 11.1. The Morgan fingerprint density at radius 2 is 1.91 bits per heavy atom. The molecule has 0 saturated heterocycles. The van der Waals surface area contributed by atoms with E-state index in [0.717, 1.165) is 23.0 Å². The molecular formula is C18H17NO4. The highest BCUT2D eigenvalue weighted by Crippen LogP contribution is 2.25. The molecule has 3 aromatic rings. The smallest absolute Gasteiger partial charge is 0.335 e. The van der Waals surface area contributed by atoms with E-state index < -0.39 is 5.97 Å². The third-order valence-corrected chi connectivity index (χ3v) is 3.78. The van der Waals surface area contributed by atoms with Gasteiger partial charge in [0, 0.05) is 29.2 Å². The van der Waals surface area contributed by atoms with Crippen LogP contribution in [0.2, 0.25) is 0 Å². The summed E-state index contributed by atoms with van der Waals surface area (Å²) in [5.41, 5.74) is 2.15. The van der Waals surface area contributed by atoms with Crippen molar-refractivity contribution in [2.24, 2.45) is 0 Å². The Balaban J connectivity index is 1.91. The summed E-state index contributed by atoms with van der Waals surface area (Å²) in [6.45, 7) is 3.14. The number of ether oxygens (including phenoxy) is 1. The summed E-state index contributed by atoms with van der Waals surface area (Å²) in [6, 6.07) is 11.7. The van der Waals surface area contributed by atoms with Crippen LogP contribution in [0, 0.1) is 0 Å². The summed E-state index contributed by atoms with van der Waals surface area (Å²) in [5.74, 6) is -0.0684. The Morgan fingerprint density at radius 3 is 2.57 bits per heavy atom. The molecule has 0 fully saturated rings. The molecule has 23 heavy (non-hydrogen) atoms. The lowest BCUT2D eigenvalue weighted by Gasteiger charge is -2.05. The van der Waals surface area contributed by atoms with Crippen LogP contribution in [0.15, 0.2) is 48.7 Å². The lowest BCUT2D eigenvalue weighted by atomic mass is 10.1. The lowest BCUT2D eigenvalue weighted by Crippen LogP contribution is -1.97. The molecule has 0 amide bonds. The van der Waals surface area contributed by atoms with Crippen molar-refractivity contribution in [2.45, 2.75) is 20.1 Å². The van der Waals surface area contributed by atoms with Gasteiger partial charge in [0.05, 0.1) is 5.56 Å². The molecular weight excluding hydrogens is 294 g/mol. The highest BCUT2D eigenvalue weighted by Gasteiger charge is 2.11. The fourth-order valence-electron chi connectivity index (χ4n) is 2.58. The van der Waals surface area contributed by atoms with Crippen LogP contribution < -0.4 is 4.74 Å². The predicted octanol–water partition coefficient (Wildman–Crippen LogP) is 3.64. The SMILES string of the molecule is CCn1cc(COc2ccc(O)cc2)c2ccc(C(=O)O)cc21. The maximum absolute atomic E-state index is 11.1. The fourth-order valence-corrected chi connectivity index (χ4v) is 2.58. The Hall–Kier alpha value is -2.95. The summed E-state index contributed by atoms with van der Waals surface area (Å²) in [4.78, 5) is 11.1. The van der Waals surface area contributed by atoms with Crippen LogP contribution in [0.5, 0.6) is 11.5 Å². The largest absolute Gasteiger partial charge is 0.508 e. The number of fused-ring (bicyclic) bond motifs is 1. The van der Waals surface area contributed by atoms with E-state index in [1.54, 1.807) is 36.4 Å². The van der Waals surface area contributed by atoms with Gasteiger partial charge in [-0.15, -0.1) is 0 Å². The molecule has 0 aliphatic carbocycles. The van der Waals surface area contributed by atoms with Crippen molar-refractivity contribution in [3.05, 3.63) is 59.8 Å². The van der Waals surface area contributed by atoms with E-state index in [2.05, 4.69) is 0 Å². The Labute approximate surface area is 133 Å². The van der Waals surface area contributed by atoms with Crippen LogP contribution in [0.3, 0.4) is 0 Å². The number of nitrogens with zero attached hydrogens (tertiary/aromatic N) is 1. The molecule has 0 aliphatic heterocycles. The summed E-state index contributed by atoms with van der Waals surface area (Å²) in [6.07, 6.45) is 1.98. The lowest BCUT2D eigenvalue weighted by molar-refractivity contribution is 0.0697.